The maximum atomic E-state index is 13.4. The summed E-state index contributed by atoms with van der Waals surface area (Å²) >= 11 is 0. The molecule has 2 fully saturated rings. The van der Waals surface area contributed by atoms with Crippen LogP contribution in [0.1, 0.15) is 51.0 Å². The fourth-order valence-corrected chi connectivity index (χ4v) is 5.38. The van der Waals surface area contributed by atoms with Gasteiger partial charge in [-0.3, -0.25) is 0 Å². The Kier molecular flexibility index (Phi) is 4.73. The predicted octanol–water partition coefficient (Wildman–Crippen LogP) is 4.60. The van der Waals surface area contributed by atoms with Crippen LogP contribution in [-0.4, -0.2) is 56.9 Å². The van der Waals surface area contributed by atoms with Gasteiger partial charge in [-0.2, -0.15) is 13.2 Å². The molecule has 0 aromatic heterocycles. The lowest BCUT2D eigenvalue weighted by molar-refractivity contribution is -0.271. The number of benzene rings is 1. The van der Waals surface area contributed by atoms with Crippen molar-refractivity contribution in [3.8, 4) is 0 Å². The third kappa shape index (κ3) is 3.29. The van der Waals surface area contributed by atoms with Gasteiger partial charge >= 0.3 is 12.2 Å². The van der Waals surface area contributed by atoms with E-state index in [2.05, 4.69) is 0 Å². The van der Waals surface area contributed by atoms with Gasteiger partial charge in [0, 0.05) is 25.9 Å². The Morgan fingerprint density at radius 3 is 2.00 bits per heavy atom. The number of halogens is 4. The molecule has 2 unspecified atom stereocenters. The van der Waals surface area contributed by atoms with Crippen LogP contribution >= 0.6 is 0 Å². The Bertz CT molecular complexity index is 839. The average Bonchev–Trinajstić information content (AvgIpc) is 2.82. The van der Waals surface area contributed by atoms with Crippen molar-refractivity contribution in [2.45, 2.75) is 68.3 Å². The van der Waals surface area contributed by atoms with Gasteiger partial charge in [0.1, 0.15) is 5.82 Å². The minimum absolute atomic E-state index is 0.135. The van der Waals surface area contributed by atoms with Crippen LogP contribution < -0.4 is 0 Å². The lowest BCUT2D eigenvalue weighted by Gasteiger charge is -2.53. The highest BCUT2D eigenvalue weighted by Gasteiger charge is 2.58. The number of likely N-dealkylation sites (tertiary alicyclic amines) is 1. The summed E-state index contributed by atoms with van der Waals surface area (Å²) in [4.78, 5) is 16.6. The monoisotopic (exact) mass is 426 g/mol. The van der Waals surface area contributed by atoms with Crippen molar-refractivity contribution < 1.29 is 27.5 Å². The average molecular weight is 426 g/mol. The number of hydrogen-bond donors (Lipinski definition) is 1. The highest BCUT2D eigenvalue weighted by atomic mass is 19.4. The summed E-state index contributed by atoms with van der Waals surface area (Å²) in [6.45, 7) is 3.63. The molecule has 8 heteroatoms. The van der Waals surface area contributed by atoms with E-state index in [1.165, 1.54) is 17.0 Å². The Hall–Kier alpha value is -2.09. The van der Waals surface area contributed by atoms with Gasteiger partial charge in [0.2, 0.25) is 0 Å². The third-order valence-electron chi connectivity index (χ3n) is 7.06. The van der Waals surface area contributed by atoms with Gasteiger partial charge in [0.05, 0.1) is 11.1 Å². The van der Waals surface area contributed by atoms with Crippen molar-refractivity contribution in [1.82, 2.24) is 9.80 Å². The standard InChI is InChI=1S/C22H26F4N2O2/c1-19-7-8-20(2,14-16(13-19)15-3-5-17(23)6-4-15)28(19)18(29)27-11-9-21(30,10-12-27)22(24,25)26/h3-8,16,30H,9-14H2,1-2H3. The summed E-state index contributed by atoms with van der Waals surface area (Å²) in [5, 5.41) is 9.90. The highest BCUT2D eigenvalue weighted by molar-refractivity contribution is 5.78. The summed E-state index contributed by atoms with van der Waals surface area (Å²) in [5.74, 6) is -0.162. The molecule has 30 heavy (non-hydrogen) atoms. The fourth-order valence-electron chi connectivity index (χ4n) is 5.38. The smallest absolute Gasteiger partial charge is 0.380 e. The number of nitrogens with zero attached hydrogens (tertiary/aromatic N) is 2. The Labute approximate surface area is 173 Å². The first-order valence-electron chi connectivity index (χ1n) is 10.2. The third-order valence-corrected chi connectivity index (χ3v) is 7.06. The number of fused-ring (bicyclic) bond motifs is 2. The molecule has 2 saturated heterocycles. The normalized spacial score (nSPS) is 33.1. The molecule has 4 nitrogen and oxygen atoms in total. The van der Waals surface area contributed by atoms with Gasteiger partial charge in [-0.1, -0.05) is 24.3 Å². The van der Waals surface area contributed by atoms with Crippen molar-refractivity contribution in [1.29, 1.82) is 0 Å². The molecule has 0 aliphatic carbocycles. The molecule has 0 radical (unpaired) electrons. The summed E-state index contributed by atoms with van der Waals surface area (Å²) in [7, 11) is 0. The summed E-state index contributed by atoms with van der Waals surface area (Å²) in [6, 6.07) is 6.11. The van der Waals surface area contributed by atoms with Gasteiger partial charge in [0.15, 0.2) is 5.60 Å². The van der Waals surface area contributed by atoms with Gasteiger partial charge in [0.25, 0.3) is 0 Å². The van der Waals surface area contributed by atoms with Crippen molar-refractivity contribution in [2.24, 2.45) is 0 Å². The molecule has 2 bridgehead atoms. The molecule has 4 rings (SSSR count). The zero-order valence-corrected chi connectivity index (χ0v) is 17.0. The van der Waals surface area contributed by atoms with Crippen molar-refractivity contribution in [2.75, 3.05) is 13.1 Å². The predicted molar refractivity (Wildman–Crippen MR) is 103 cm³/mol. The summed E-state index contributed by atoms with van der Waals surface area (Å²) in [6.07, 6.45) is -0.430. The van der Waals surface area contributed by atoms with Crippen LogP contribution in [0.15, 0.2) is 36.4 Å². The van der Waals surface area contributed by atoms with E-state index in [1.54, 1.807) is 17.0 Å². The minimum atomic E-state index is -4.70. The molecule has 1 N–H and O–H groups in total. The number of carbonyl (C=O) groups excluding carboxylic acids is 1. The van der Waals surface area contributed by atoms with Gasteiger partial charge in [-0.25, -0.2) is 9.18 Å². The van der Waals surface area contributed by atoms with Crippen molar-refractivity contribution in [3.63, 3.8) is 0 Å². The highest BCUT2D eigenvalue weighted by Crippen LogP contribution is 2.52. The lowest BCUT2D eigenvalue weighted by atomic mass is 9.74. The van der Waals surface area contributed by atoms with Crippen LogP contribution in [0.25, 0.3) is 0 Å². The summed E-state index contributed by atoms with van der Waals surface area (Å²) < 4.78 is 52.6. The first-order valence-corrected chi connectivity index (χ1v) is 10.2. The van der Waals surface area contributed by atoms with Crippen LogP contribution in [-0.2, 0) is 0 Å². The van der Waals surface area contributed by atoms with E-state index in [4.69, 9.17) is 0 Å². The first kappa shape index (κ1) is 21.2. The molecule has 3 aliphatic heterocycles. The first-order chi connectivity index (χ1) is 13.9. The molecule has 1 aromatic rings. The second-order valence-electron chi connectivity index (χ2n) is 9.34. The number of alkyl halides is 3. The van der Waals surface area contributed by atoms with E-state index in [0.29, 0.717) is 12.8 Å². The van der Waals surface area contributed by atoms with E-state index in [1.807, 2.05) is 26.0 Å². The maximum absolute atomic E-state index is 13.4. The molecule has 3 aliphatic rings. The van der Waals surface area contributed by atoms with Gasteiger partial charge < -0.3 is 14.9 Å². The van der Waals surface area contributed by atoms with Crippen LogP contribution in [0, 0.1) is 5.82 Å². The van der Waals surface area contributed by atoms with E-state index in [9.17, 15) is 27.5 Å². The molecular formula is C22H26F4N2O2. The maximum Gasteiger partial charge on any atom is 0.417 e. The Morgan fingerprint density at radius 1 is 1.03 bits per heavy atom. The van der Waals surface area contributed by atoms with E-state index >= 15 is 0 Å². The zero-order chi connectivity index (χ0) is 21.9. The van der Waals surface area contributed by atoms with Crippen LogP contribution in [0.5, 0.6) is 0 Å². The Morgan fingerprint density at radius 2 is 1.53 bits per heavy atom. The number of amides is 2. The van der Waals surface area contributed by atoms with Gasteiger partial charge in [-0.05, 0) is 50.3 Å². The molecule has 2 atom stereocenters. The SMILES string of the molecule is CC12C=CC(C)(CC(c3ccc(F)cc3)C1)N2C(=O)N1CCC(O)(C(F)(F)F)CC1. The van der Waals surface area contributed by atoms with E-state index < -0.39 is 35.7 Å². The van der Waals surface area contributed by atoms with Gasteiger partial charge in [-0.15, -0.1) is 0 Å². The molecule has 1 aromatic carbocycles. The number of hydrogen-bond acceptors (Lipinski definition) is 2. The molecule has 0 saturated carbocycles. The second kappa shape index (κ2) is 6.70. The topological polar surface area (TPSA) is 43.8 Å². The van der Waals surface area contributed by atoms with E-state index in [-0.39, 0.29) is 30.9 Å². The lowest BCUT2D eigenvalue weighted by Crippen LogP contribution is -2.64. The largest absolute Gasteiger partial charge is 0.417 e. The second-order valence-corrected chi connectivity index (χ2v) is 9.34. The summed E-state index contributed by atoms with van der Waals surface area (Å²) in [5.41, 5.74) is -2.88. The number of aliphatic hydroxyl groups is 1. The minimum Gasteiger partial charge on any atom is -0.380 e. The number of urea groups is 1. The number of piperidine rings is 2. The van der Waals surface area contributed by atoms with Crippen LogP contribution in [0.3, 0.4) is 0 Å². The van der Waals surface area contributed by atoms with Crippen LogP contribution in [0.4, 0.5) is 22.4 Å². The van der Waals surface area contributed by atoms with Crippen LogP contribution in [0.2, 0.25) is 0 Å². The molecule has 0 spiro atoms. The van der Waals surface area contributed by atoms with Crippen molar-refractivity contribution >= 4 is 6.03 Å². The Balaban J connectivity index is 1.52. The number of carbonyl (C=O) groups is 1. The zero-order valence-electron chi connectivity index (χ0n) is 17.0. The molecule has 164 valence electrons. The number of rotatable bonds is 1. The fraction of sp³-hybridized carbons (Fsp3) is 0.591. The van der Waals surface area contributed by atoms with E-state index in [0.717, 1.165) is 5.56 Å². The molecular weight excluding hydrogens is 400 g/mol. The molecule has 3 heterocycles. The quantitative estimate of drug-likeness (QED) is 0.527. The van der Waals surface area contributed by atoms with Crippen molar-refractivity contribution in [3.05, 3.63) is 47.8 Å². The molecule has 2 amide bonds.